The van der Waals surface area contributed by atoms with E-state index in [4.69, 9.17) is 33.2 Å². The van der Waals surface area contributed by atoms with Crippen molar-refractivity contribution in [2.24, 2.45) is 16.7 Å². The van der Waals surface area contributed by atoms with Crippen molar-refractivity contribution in [3.63, 3.8) is 0 Å². The zero-order valence-electron chi connectivity index (χ0n) is 34.3. The van der Waals surface area contributed by atoms with Gasteiger partial charge in [0.25, 0.3) is 0 Å². The Labute approximate surface area is 330 Å². The summed E-state index contributed by atoms with van der Waals surface area (Å²) in [6.45, 7) is 12.6. The summed E-state index contributed by atoms with van der Waals surface area (Å²) in [5.74, 6) is -3.71. The maximum Gasteiger partial charge on any atom is 0.330 e. The zero-order valence-corrected chi connectivity index (χ0v) is 34.3. The summed E-state index contributed by atoms with van der Waals surface area (Å²) in [7, 11) is 2.58. The lowest BCUT2D eigenvalue weighted by Crippen LogP contribution is -2.62. The second-order valence-corrected chi connectivity index (χ2v) is 17.2. The van der Waals surface area contributed by atoms with Crippen LogP contribution in [0.1, 0.15) is 106 Å². The molecule has 0 saturated carbocycles. The standard InChI is InChI=1S/C42H62O14/c1-24(2)12-38(47)55-35-22-31-19-28(44)20-39(48)54-33(25(3)43)21-30-14-27(18-37(46)51-9)16-34(53-30)40(4,5)11-10-29-13-26(17-36(45)50-8)15-32(52-29)23-42(49,56-31)41(35,6)7/h10-11,16-18,24-25,28-33,35,43-44,49H,12-15,19-23H2,1-9H3/b11-10+,26-17+,27-18+/t25-,28-,29+,30+,31-,32+,33-,35+,42+/m1/s1. The minimum absolute atomic E-state index is 0.0326. The summed E-state index contributed by atoms with van der Waals surface area (Å²) < 4.78 is 41.0. The Morgan fingerprint density at radius 2 is 1.59 bits per heavy atom. The van der Waals surface area contributed by atoms with E-state index in [2.05, 4.69) is 0 Å². The highest BCUT2D eigenvalue weighted by Crippen LogP contribution is 2.49. The first-order valence-corrected chi connectivity index (χ1v) is 19.6. The number of fused-ring (bicyclic) bond motifs is 6. The first-order valence-electron chi connectivity index (χ1n) is 19.6. The molecule has 9 atom stereocenters. The average molecular weight is 791 g/mol. The highest BCUT2D eigenvalue weighted by Gasteiger charge is 2.58. The summed E-state index contributed by atoms with van der Waals surface area (Å²) in [5, 5.41) is 34.4. The van der Waals surface area contributed by atoms with Gasteiger partial charge in [-0.1, -0.05) is 45.4 Å². The Bertz CT molecular complexity index is 1550. The quantitative estimate of drug-likeness (QED) is 0.145. The van der Waals surface area contributed by atoms with Gasteiger partial charge >= 0.3 is 23.9 Å². The number of hydrogen-bond donors (Lipinski definition) is 3. The third-order valence-electron chi connectivity index (χ3n) is 11.0. The van der Waals surface area contributed by atoms with Gasteiger partial charge in [0.05, 0.1) is 56.6 Å². The second kappa shape index (κ2) is 18.8. The van der Waals surface area contributed by atoms with Crippen LogP contribution in [0.3, 0.4) is 0 Å². The fourth-order valence-electron chi connectivity index (χ4n) is 7.67. The number of esters is 4. The smallest absolute Gasteiger partial charge is 0.330 e. The van der Waals surface area contributed by atoms with Crippen LogP contribution in [0.5, 0.6) is 0 Å². The molecule has 0 aromatic carbocycles. The average Bonchev–Trinajstić information content (AvgIpc) is 3.08. The Morgan fingerprint density at radius 1 is 0.911 bits per heavy atom. The number of ether oxygens (including phenoxy) is 7. The maximum atomic E-state index is 13.3. The highest BCUT2D eigenvalue weighted by molar-refractivity contribution is 5.83. The van der Waals surface area contributed by atoms with Gasteiger partial charge in [-0.25, -0.2) is 9.59 Å². The van der Waals surface area contributed by atoms with E-state index < -0.39 is 95.7 Å². The predicted molar refractivity (Wildman–Crippen MR) is 202 cm³/mol. The number of cyclic esters (lactones) is 1. The summed E-state index contributed by atoms with van der Waals surface area (Å²) >= 11 is 0. The lowest BCUT2D eigenvalue weighted by molar-refractivity contribution is -0.348. The van der Waals surface area contributed by atoms with Gasteiger partial charge in [-0.3, -0.25) is 9.59 Å². The summed E-state index contributed by atoms with van der Waals surface area (Å²) in [6.07, 6.45) is 1.99. The van der Waals surface area contributed by atoms with Gasteiger partial charge < -0.3 is 48.5 Å². The molecule has 3 N–H and O–H groups in total. The summed E-state index contributed by atoms with van der Waals surface area (Å²) in [4.78, 5) is 51.1. The molecule has 0 amide bonds. The van der Waals surface area contributed by atoms with Gasteiger partial charge in [0.1, 0.15) is 24.1 Å². The molecular formula is C42H62O14. The lowest BCUT2D eigenvalue weighted by Gasteiger charge is -2.53. The van der Waals surface area contributed by atoms with Crippen LogP contribution < -0.4 is 0 Å². The normalized spacial score (nSPS) is 34.9. The fourth-order valence-corrected chi connectivity index (χ4v) is 7.67. The molecule has 6 bridgehead atoms. The van der Waals surface area contributed by atoms with Gasteiger partial charge in [0.2, 0.25) is 0 Å². The van der Waals surface area contributed by atoms with E-state index in [1.807, 2.05) is 39.8 Å². The van der Waals surface area contributed by atoms with Crippen molar-refractivity contribution in [1.82, 2.24) is 0 Å². The molecule has 0 spiro atoms. The molecule has 4 aliphatic heterocycles. The van der Waals surface area contributed by atoms with E-state index in [1.54, 1.807) is 19.9 Å². The molecule has 0 aromatic heterocycles. The van der Waals surface area contributed by atoms with E-state index in [0.29, 0.717) is 17.8 Å². The number of hydrogen-bond acceptors (Lipinski definition) is 14. The van der Waals surface area contributed by atoms with E-state index in [1.165, 1.54) is 33.3 Å². The SMILES string of the molecule is COC(=O)/C=C1/C[C@H]2C[C@]3(O)O[C@H](C[C@@H](O)CC(=O)O[C@@H]([C@@H](C)O)C[C@@H]4C/C(=C\C(=O)OC)C=C(O4)C(C)(C)/C=C/[C@@H](C1)O2)C[C@H](OC(=O)CC(C)C)C3(C)C. The summed E-state index contributed by atoms with van der Waals surface area (Å²) in [5.41, 5.74) is -0.610. The van der Waals surface area contributed by atoms with Crippen LogP contribution in [0.25, 0.3) is 0 Å². The molecule has 4 heterocycles. The highest BCUT2D eigenvalue weighted by atomic mass is 16.6. The van der Waals surface area contributed by atoms with Crippen LogP contribution in [-0.4, -0.2) is 108 Å². The number of allylic oxidation sites excluding steroid dienone is 2. The van der Waals surface area contributed by atoms with Crippen LogP contribution in [0, 0.1) is 16.7 Å². The Morgan fingerprint density at radius 3 is 2.23 bits per heavy atom. The molecule has 2 saturated heterocycles. The van der Waals surface area contributed by atoms with Gasteiger partial charge in [-0.15, -0.1) is 0 Å². The number of rotatable bonds is 6. The van der Waals surface area contributed by atoms with Gasteiger partial charge in [-0.2, -0.15) is 0 Å². The van der Waals surface area contributed by atoms with Crippen molar-refractivity contribution in [3.8, 4) is 0 Å². The molecule has 314 valence electrons. The largest absolute Gasteiger partial charge is 0.493 e. The van der Waals surface area contributed by atoms with Crippen LogP contribution in [0.2, 0.25) is 0 Å². The third kappa shape index (κ3) is 12.0. The van der Waals surface area contributed by atoms with Gasteiger partial charge in [-0.05, 0) is 51.2 Å². The molecule has 4 rings (SSSR count). The fraction of sp³-hybridized carbons (Fsp3) is 0.714. The van der Waals surface area contributed by atoms with Crippen molar-refractivity contribution >= 4 is 23.9 Å². The lowest BCUT2D eigenvalue weighted by atomic mass is 9.70. The molecule has 0 aromatic rings. The number of aliphatic hydroxyl groups excluding tert-OH is 2. The first kappa shape index (κ1) is 45.1. The van der Waals surface area contributed by atoms with Crippen LogP contribution in [-0.2, 0) is 52.3 Å². The van der Waals surface area contributed by atoms with Crippen molar-refractivity contribution < 1.29 is 67.7 Å². The monoisotopic (exact) mass is 790 g/mol. The van der Waals surface area contributed by atoms with E-state index >= 15 is 0 Å². The molecule has 2 fully saturated rings. The van der Waals surface area contributed by atoms with Crippen LogP contribution >= 0.6 is 0 Å². The molecule has 14 heteroatoms. The Kier molecular flexibility index (Phi) is 15.2. The van der Waals surface area contributed by atoms with Crippen molar-refractivity contribution in [1.29, 1.82) is 0 Å². The minimum Gasteiger partial charge on any atom is -0.493 e. The van der Waals surface area contributed by atoms with E-state index in [-0.39, 0.29) is 50.9 Å². The molecular weight excluding hydrogens is 728 g/mol. The molecule has 0 unspecified atom stereocenters. The van der Waals surface area contributed by atoms with Gasteiger partial charge in [0.15, 0.2) is 5.79 Å². The predicted octanol–water partition coefficient (Wildman–Crippen LogP) is 4.68. The molecule has 4 aliphatic rings. The number of carbonyl (C=O) groups is 4. The van der Waals surface area contributed by atoms with E-state index in [9.17, 15) is 34.5 Å². The number of methoxy groups -OCH3 is 2. The molecule has 14 nitrogen and oxygen atoms in total. The van der Waals surface area contributed by atoms with Gasteiger partial charge in [0, 0.05) is 56.1 Å². The zero-order chi connectivity index (χ0) is 41.6. The van der Waals surface area contributed by atoms with Crippen molar-refractivity contribution in [3.05, 3.63) is 47.3 Å². The Hall–Kier alpha value is -3.56. The van der Waals surface area contributed by atoms with E-state index in [0.717, 1.165) is 5.57 Å². The van der Waals surface area contributed by atoms with Crippen LogP contribution in [0.15, 0.2) is 47.3 Å². The molecule has 56 heavy (non-hydrogen) atoms. The Balaban J connectivity index is 1.79. The number of carbonyl (C=O) groups excluding carboxylic acids is 4. The van der Waals surface area contributed by atoms with Crippen molar-refractivity contribution in [2.45, 2.75) is 161 Å². The first-order chi connectivity index (χ1) is 26.1. The minimum atomic E-state index is -1.96. The van der Waals surface area contributed by atoms with Crippen molar-refractivity contribution in [2.75, 3.05) is 14.2 Å². The topological polar surface area (TPSA) is 194 Å². The third-order valence-corrected chi connectivity index (χ3v) is 11.0. The number of aliphatic hydroxyl groups is 3. The molecule has 0 radical (unpaired) electrons. The maximum absolute atomic E-state index is 13.3. The molecule has 0 aliphatic carbocycles. The second-order valence-electron chi connectivity index (χ2n) is 17.2. The summed E-state index contributed by atoms with van der Waals surface area (Å²) in [6, 6.07) is 0. The van der Waals surface area contributed by atoms with Crippen LogP contribution in [0.4, 0.5) is 0 Å².